The molecule has 1 atom stereocenters. The first-order valence-electron chi connectivity index (χ1n) is 3.03. The second-order valence-electron chi connectivity index (χ2n) is 1.80. The molecule has 0 amide bonds. The SMILES string of the molecule is COCCOCC(N)C#N. The van der Waals surface area contributed by atoms with Gasteiger partial charge >= 0.3 is 0 Å². The van der Waals surface area contributed by atoms with Gasteiger partial charge in [0, 0.05) is 7.11 Å². The minimum atomic E-state index is -0.517. The summed E-state index contributed by atoms with van der Waals surface area (Å²) >= 11 is 0. The summed E-state index contributed by atoms with van der Waals surface area (Å²) in [6.45, 7) is 1.31. The molecule has 0 radical (unpaired) electrons. The standard InChI is InChI=1S/C6H12N2O2/c1-9-2-3-10-5-6(8)4-7/h6H,2-3,5,8H2,1H3. The number of methoxy groups -OCH3 is 1. The lowest BCUT2D eigenvalue weighted by molar-refractivity contribution is 0.0690. The summed E-state index contributed by atoms with van der Waals surface area (Å²) in [4.78, 5) is 0. The van der Waals surface area contributed by atoms with Crippen LogP contribution in [0.5, 0.6) is 0 Å². The van der Waals surface area contributed by atoms with Crippen molar-refractivity contribution in [3.63, 3.8) is 0 Å². The van der Waals surface area contributed by atoms with Gasteiger partial charge in [-0.3, -0.25) is 0 Å². The molecular weight excluding hydrogens is 132 g/mol. The van der Waals surface area contributed by atoms with Gasteiger partial charge in [0.1, 0.15) is 6.04 Å². The van der Waals surface area contributed by atoms with Gasteiger partial charge < -0.3 is 15.2 Å². The summed E-state index contributed by atoms with van der Waals surface area (Å²) in [5.41, 5.74) is 5.23. The summed E-state index contributed by atoms with van der Waals surface area (Å²) in [5, 5.41) is 8.21. The highest BCUT2D eigenvalue weighted by molar-refractivity contribution is 4.85. The van der Waals surface area contributed by atoms with Gasteiger partial charge in [-0.15, -0.1) is 0 Å². The Morgan fingerprint density at radius 2 is 2.30 bits per heavy atom. The number of nitrogens with two attached hydrogens (primary N) is 1. The van der Waals surface area contributed by atoms with Crippen LogP contribution in [0.4, 0.5) is 0 Å². The molecule has 0 heterocycles. The van der Waals surface area contributed by atoms with Crippen molar-refractivity contribution >= 4 is 0 Å². The van der Waals surface area contributed by atoms with Crippen molar-refractivity contribution in [1.82, 2.24) is 0 Å². The Morgan fingerprint density at radius 3 is 2.80 bits per heavy atom. The molecule has 4 heteroatoms. The lowest BCUT2D eigenvalue weighted by atomic mass is 10.4. The van der Waals surface area contributed by atoms with E-state index in [1.165, 1.54) is 0 Å². The van der Waals surface area contributed by atoms with Gasteiger partial charge in [-0.2, -0.15) is 5.26 Å². The molecule has 1 unspecified atom stereocenters. The van der Waals surface area contributed by atoms with Crippen molar-refractivity contribution in [2.45, 2.75) is 6.04 Å². The Morgan fingerprint density at radius 1 is 1.60 bits per heavy atom. The van der Waals surface area contributed by atoms with Crippen LogP contribution in [0.15, 0.2) is 0 Å². The van der Waals surface area contributed by atoms with Crippen molar-refractivity contribution in [2.75, 3.05) is 26.9 Å². The van der Waals surface area contributed by atoms with E-state index in [0.717, 1.165) is 0 Å². The predicted molar refractivity (Wildman–Crippen MR) is 36.3 cm³/mol. The summed E-state index contributed by atoms with van der Waals surface area (Å²) in [5.74, 6) is 0. The van der Waals surface area contributed by atoms with Crippen LogP contribution in [0.25, 0.3) is 0 Å². The molecule has 0 aliphatic rings. The van der Waals surface area contributed by atoms with E-state index >= 15 is 0 Å². The molecule has 0 bridgehead atoms. The lowest BCUT2D eigenvalue weighted by Gasteiger charge is -2.03. The first-order valence-corrected chi connectivity index (χ1v) is 3.03. The molecule has 0 aromatic carbocycles. The number of hydrogen-bond acceptors (Lipinski definition) is 4. The molecule has 0 aromatic rings. The van der Waals surface area contributed by atoms with E-state index in [0.29, 0.717) is 13.2 Å². The zero-order chi connectivity index (χ0) is 7.82. The molecular formula is C6H12N2O2. The monoisotopic (exact) mass is 144 g/mol. The zero-order valence-corrected chi connectivity index (χ0v) is 6.04. The first kappa shape index (κ1) is 9.37. The van der Waals surface area contributed by atoms with Gasteiger partial charge in [0.15, 0.2) is 0 Å². The molecule has 0 fully saturated rings. The Bertz CT molecular complexity index is 111. The van der Waals surface area contributed by atoms with Gasteiger partial charge in [0.25, 0.3) is 0 Å². The molecule has 0 spiro atoms. The topological polar surface area (TPSA) is 68.3 Å². The Kier molecular flexibility index (Phi) is 6.08. The van der Waals surface area contributed by atoms with Gasteiger partial charge in [-0.05, 0) is 0 Å². The molecule has 58 valence electrons. The van der Waals surface area contributed by atoms with Crippen LogP contribution in [0.1, 0.15) is 0 Å². The van der Waals surface area contributed by atoms with E-state index in [1.54, 1.807) is 7.11 Å². The maximum absolute atomic E-state index is 8.21. The number of nitrogens with zero attached hydrogens (tertiary/aromatic N) is 1. The van der Waals surface area contributed by atoms with E-state index in [2.05, 4.69) is 0 Å². The highest BCUT2D eigenvalue weighted by Crippen LogP contribution is 1.79. The third-order valence-corrected chi connectivity index (χ3v) is 0.895. The van der Waals surface area contributed by atoms with E-state index in [9.17, 15) is 0 Å². The molecule has 0 aliphatic carbocycles. The zero-order valence-electron chi connectivity index (χ0n) is 6.04. The summed E-state index contributed by atoms with van der Waals surface area (Å²) in [6, 6.07) is 1.34. The van der Waals surface area contributed by atoms with Crippen LogP contribution in [-0.2, 0) is 9.47 Å². The van der Waals surface area contributed by atoms with Crippen molar-refractivity contribution in [3.05, 3.63) is 0 Å². The minimum Gasteiger partial charge on any atom is -0.382 e. The number of hydrogen-bond donors (Lipinski definition) is 1. The third kappa shape index (κ3) is 5.51. The Hall–Kier alpha value is -0.630. The van der Waals surface area contributed by atoms with Crippen LogP contribution in [-0.4, -0.2) is 33.0 Å². The van der Waals surface area contributed by atoms with Crippen molar-refractivity contribution in [3.8, 4) is 6.07 Å². The van der Waals surface area contributed by atoms with Crippen LogP contribution in [0.3, 0.4) is 0 Å². The normalized spacial score (nSPS) is 12.5. The maximum Gasteiger partial charge on any atom is 0.116 e. The van der Waals surface area contributed by atoms with Gasteiger partial charge in [-0.1, -0.05) is 0 Å². The van der Waals surface area contributed by atoms with E-state index in [1.807, 2.05) is 6.07 Å². The predicted octanol–water partition coefficient (Wildman–Crippen LogP) is -0.500. The molecule has 0 saturated heterocycles. The summed E-state index contributed by atoms with van der Waals surface area (Å²) in [7, 11) is 1.59. The second kappa shape index (κ2) is 6.49. The Labute approximate surface area is 60.5 Å². The maximum atomic E-state index is 8.21. The molecule has 2 N–H and O–H groups in total. The minimum absolute atomic E-state index is 0.278. The average Bonchev–Trinajstić information content (AvgIpc) is 1.98. The summed E-state index contributed by atoms with van der Waals surface area (Å²) < 4.78 is 9.66. The second-order valence-corrected chi connectivity index (χ2v) is 1.80. The highest BCUT2D eigenvalue weighted by Gasteiger charge is 1.97. The summed E-state index contributed by atoms with van der Waals surface area (Å²) in [6.07, 6.45) is 0. The molecule has 0 aromatic heterocycles. The fourth-order valence-electron chi connectivity index (χ4n) is 0.390. The van der Waals surface area contributed by atoms with Crippen molar-refractivity contribution < 1.29 is 9.47 Å². The molecule has 0 saturated carbocycles. The smallest absolute Gasteiger partial charge is 0.116 e. The number of nitriles is 1. The van der Waals surface area contributed by atoms with Gasteiger partial charge in [0.2, 0.25) is 0 Å². The van der Waals surface area contributed by atoms with Crippen LogP contribution in [0.2, 0.25) is 0 Å². The Balaban J connectivity index is 2.98. The molecule has 0 aliphatic heterocycles. The van der Waals surface area contributed by atoms with E-state index in [4.69, 9.17) is 20.5 Å². The lowest BCUT2D eigenvalue weighted by Crippen LogP contribution is -2.24. The fourth-order valence-corrected chi connectivity index (χ4v) is 0.390. The quantitative estimate of drug-likeness (QED) is 0.528. The van der Waals surface area contributed by atoms with Crippen LogP contribution in [0, 0.1) is 11.3 Å². The first-order chi connectivity index (χ1) is 4.81. The fraction of sp³-hybridized carbons (Fsp3) is 0.833. The number of ether oxygens (including phenoxy) is 2. The van der Waals surface area contributed by atoms with E-state index < -0.39 is 6.04 Å². The van der Waals surface area contributed by atoms with Gasteiger partial charge in [0.05, 0.1) is 25.9 Å². The average molecular weight is 144 g/mol. The molecule has 4 nitrogen and oxygen atoms in total. The molecule has 10 heavy (non-hydrogen) atoms. The highest BCUT2D eigenvalue weighted by atomic mass is 16.5. The molecule has 0 rings (SSSR count). The largest absolute Gasteiger partial charge is 0.382 e. The number of rotatable bonds is 5. The van der Waals surface area contributed by atoms with Gasteiger partial charge in [-0.25, -0.2) is 0 Å². The van der Waals surface area contributed by atoms with Crippen molar-refractivity contribution in [2.24, 2.45) is 5.73 Å². The van der Waals surface area contributed by atoms with E-state index in [-0.39, 0.29) is 6.61 Å². The van der Waals surface area contributed by atoms with Crippen LogP contribution < -0.4 is 5.73 Å². The van der Waals surface area contributed by atoms with Crippen LogP contribution >= 0.6 is 0 Å². The van der Waals surface area contributed by atoms with Crippen molar-refractivity contribution in [1.29, 1.82) is 5.26 Å². The third-order valence-electron chi connectivity index (χ3n) is 0.895.